The molecule has 1 aliphatic rings. The van der Waals surface area contributed by atoms with E-state index < -0.39 is 0 Å². The van der Waals surface area contributed by atoms with E-state index in [0.717, 1.165) is 28.9 Å². The largest absolute Gasteiger partial charge is 0.375 e. The van der Waals surface area contributed by atoms with Crippen molar-refractivity contribution in [2.24, 2.45) is 5.92 Å². The van der Waals surface area contributed by atoms with Crippen molar-refractivity contribution in [2.45, 2.75) is 32.7 Å². The standard InChI is InChI=1S/C23H28N2O3/c1-17-4-3-5-20(12-17)15-25(23(27)16-28-2)21-10-8-18(9-11-21)13-22(26)24-14-19-6-7-19/h3-5,8-12,19H,6-7,13-16H2,1-2H3,(H,24,26). The van der Waals surface area contributed by atoms with Crippen LogP contribution in [0.2, 0.25) is 0 Å². The summed E-state index contributed by atoms with van der Waals surface area (Å²) in [4.78, 5) is 26.3. The molecule has 1 aliphatic carbocycles. The Bertz CT molecular complexity index is 813. The summed E-state index contributed by atoms with van der Waals surface area (Å²) in [6.45, 7) is 3.32. The molecule has 5 heteroatoms. The zero-order chi connectivity index (χ0) is 19.9. The molecule has 2 aromatic carbocycles. The molecule has 0 radical (unpaired) electrons. The van der Waals surface area contributed by atoms with Gasteiger partial charge < -0.3 is 15.0 Å². The maximum atomic E-state index is 12.6. The summed E-state index contributed by atoms with van der Waals surface area (Å²) < 4.78 is 5.05. The molecule has 0 aromatic heterocycles. The van der Waals surface area contributed by atoms with Crippen LogP contribution in [0.4, 0.5) is 5.69 Å². The molecule has 5 nitrogen and oxygen atoms in total. The predicted octanol–water partition coefficient (Wildman–Crippen LogP) is 3.24. The number of amides is 2. The van der Waals surface area contributed by atoms with Gasteiger partial charge in [-0.1, -0.05) is 42.0 Å². The van der Waals surface area contributed by atoms with Gasteiger partial charge in [0.15, 0.2) is 0 Å². The van der Waals surface area contributed by atoms with Crippen LogP contribution < -0.4 is 10.2 Å². The zero-order valence-corrected chi connectivity index (χ0v) is 16.6. The van der Waals surface area contributed by atoms with Gasteiger partial charge in [-0.25, -0.2) is 0 Å². The van der Waals surface area contributed by atoms with Gasteiger partial charge in [0.05, 0.1) is 13.0 Å². The quantitative estimate of drug-likeness (QED) is 0.727. The van der Waals surface area contributed by atoms with E-state index in [-0.39, 0.29) is 18.4 Å². The number of nitrogens with one attached hydrogen (secondary N) is 1. The van der Waals surface area contributed by atoms with Crippen LogP contribution in [0.15, 0.2) is 48.5 Å². The smallest absolute Gasteiger partial charge is 0.253 e. The Kier molecular flexibility index (Phi) is 6.82. The molecule has 0 saturated heterocycles. The normalized spacial score (nSPS) is 13.2. The minimum absolute atomic E-state index is 0.0249. The fraction of sp³-hybridized carbons (Fsp3) is 0.391. The molecule has 0 heterocycles. The van der Waals surface area contributed by atoms with Gasteiger partial charge in [0.2, 0.25) is 5.91 Å². The van der Waals surface area contributed by atoms with Crippen molar-refractivity contribution >= 4 is 17.5 Å². The Labute approximate surface area is 166 Å². The van der Waals surface area contributed by atoms with Gasteiger partial charge in [-0.2, -0.15) is 0 Å². The maximum absolute atomic E-state index is 12.6. The molecule has 0 spiro atoms. The van der Waals surface area contributed by atoms with Crippen LogP contribution in [0, 0.1) is 12.8 Å². The van der Waals surface area contributed by atoms with E-state index in [2.05, 4.69) is 11.4 Å². The van der Waals surface area contributed by atoms with Gasteiger partial charge in [0.25, 0.3) is 5.91 Å². The third kappa shape index (κ3) is 5.92. The maximum Gasteiger partial charge on any atom is 0.253 e. The Hall–Kier alpha value is -2.66. The molecule has 3 rings (SSSR count). The van der Waals surface area contributed by atoms with Crippen molar-refractivity contribution < 1.29 is 14.3 Å². The summed E-state index contributed by atoms with van der Waals surface area (Å²) in [6, 6.07) is 15.7. The van der Waals surface area contributed by atoms with Gasteiger partial charge in [-0.3, -0.25) is 9.59 Å². The fourth-order valence-corrected chi connectivity index (χ4v) is 3.14. The van der Waals surface area contributed by atoms with Crippen molar-refractivity contribution in [1.29, 1.82) is 0 Å². The second-order valence-electron chi connectivity index (χ2n) is 7.49. The van der Waals surface area contributed by atoms with E-state index in [9.17, 15) is 9.59 Å². The summed E-state index contributed by atoms with van der Waals surface area (Å²) in [5, 5.41) is 2.98. The molecule has 2 amide bonds. The first-order chi connectivity index (χ1) is 13.5. The van der Waals surface area contributed by atoms with Gasteiger partial charge in [0.1, 0.15) is 6.61 Å². The number of anilines is 1. The lowest BCUT2D eigenvalue weighted by atomic mass is 10.1. The van der Waals surface area contributed by atoms with Gasteiger partial charge in [0, 0.05) is 19.3 Å². The fourth-order valence-electron chi connectivity index (χ4n) is 3.14. The molecule has 2 aromatic rings. The molecule has 0 bridgehead atoms. The summed E-state index contributed by atoms with van der Waals surface area (Å²) in [5.74, 6) is 0.624. The molecule has 0 atom stereocenters. The molecule has 148 valence electrons. The number of ether oxygens (including phenoxy) is 1. The SMILES string of the molecule is COCC(=O)N(Cc1cccc(C)c1)c1ccc(CC(=O)NCC2CC2)cc1. The van der Waals surface area contributed by atoms with Crippen LogP contribution in [0.5, 0.6) is 0 Å². The predicted molar refractivity (Wildman–Crippen MR) is 110 cm³/mol. The average molecular weight is 380 g/mol. The Morgan fingerprint density at radius 2 is 1.86 bits per heavy atom. The molecule has 1 saturated carbocycles. The number of carbonyl (C=O) groups is 2. The highest BCUT2D eigenvalue weighted by Gasteiger charge is 2.21. The van der Waals surface area contributed by atoms with Crippen LogP contribution in [0.3, 0.4) is 0 Å². The van der Waals surface area contributed by atoms with Crippen molar-refractivity contribution in [3.05, 3.63) is 65.2 Å². The number of nitrogens with zero attached hydrogens (tertiary/aromatic N) is 1. The highest BCUT2D eigenvalue weighted by molar-refractivity contribution is 5.94. The average Bonchev–Trinajstić information content (AvgIpc) is 3.50. The third-order valence-electron chi connectivity index (χ3n) is 4.89. The van der Waals surface area contributed by atoms with E-state index >= 15 is 0 Å². The number of rotatable bonds is 9. The van der Waals surface area contributed by atoms with E-state index in [4.69, 9.17) is 4.74 Å². The number of aryl methyl sites for hydroxylation is 1. The first-order valence-electron chi connectivity index (χ1n) is 9.75. The number of methoxy groups -OCH3 is 1. The van der Waals surface area contributed by atoms with Gasteiger partial charge >= 0.3 is 0 Å². The van der Waals surface area contributed by atoms with Crippen LogP contribution in [-0.4, -0.2) is 32.1 Å². The molecule has 28 heavy (non-hydrogen) atoms. The molecule has 0 unspecified atom stereocenters. The van der Waals surface area contributed by atoms with E-state index in [1.165, 1.54) is 20.0 Å². The molecular formula is C23H28N2O3. The van der Waals surface area contributed by atoms with Crippen molar-refractivity contribution in [3.63, 3.8) is 0 Å². The molecule has 1 fully saturated rings. The summed E-state index contributed by atoms with van der Waals surface area (Å²) in [5.41, 5.74) is 3.95. The second kappa shape index (κ2) is 9.51. The Morgan fingerprint density at radius 1 is 1.11 bits per heavy atom. The van der Waals surface area contributed by atoms with Crippen molar-refractivity contribution in [3.8, 4) is 0 Å². The Balaban J connectivity index is 1.68. The number of hydrogen-bond acceptors (Lipinski definition) is 3. The number of carbonyl (C=O) groups excluding carboxylic acids is 2. The summed E-state index contributed by atoms with van der Waals surface area (Å²) in [7, 11) is 1.52. The first-order valence-corrected chi connectivity index (χ1v) is 9.75. The van der Waals surface area contributed by atoms with Gasteiger partial charge in [-0.05, 0) is 48.9 Å². The number of hydrogen-bond donors (Lipinski definition) is 1. The lowest BCUT2D eigenvalue weighted by molar-refractivity contribution is -0.122. The minimum Gasteiger partial charge on any atom is -0.375 e. The summed E-state index contributed by atoms with van der Waals surface area (Å²) in [6.07, 6.45) is 2.80. The molecule has 1 N–H and O–H groups in total. The Morgan fingerprint density at radius 3 is 2.50 bits per heavy atom. The first kappa shape index (κ1) is 20.1. The number of benzene rings is 2. The van der Waals surface area contributed by atoms with Gasteiger partial charge in [-0.15, -0.1) is 0 Å². The van der Waals surface area contributed by atoms with E-state index in [0.29, 0.717) is 18.9 Å². The van der Waals surface area contributed by atoms with E-state index in [1.54, 1.807) is 4.90 Å². The lowest BCUT2D eigenvalue weighted by Gasteiger charge is -2.23. The van der Waals surface area contributed by atoms with Crippen LogP contribution in [-0.2, 0) is 27.3 Å². The molecular weight excluding hydrogens is 352 g/mol. The summed E-state index contributed by atoms with van der Waals surface area (Å²) >= 11 is 0. The van der Waals surface area contributed by atoms with Crippen molar-refractivity contribution in [1.82, 2.24) is 5.32 Å². The highest BCUT2D eigenvalue weighted by Crippen LogP contribution is 2.27. The monoisotopic (exact) mass is 380 g/mol. The topological polar surface area (TPSA) is 58.6 Å². The highest BCUT2D eigenvalue weighted by atomic mass is 16.5. The lowest BCUT2D eigenvalue weighted by Crippen LogP contribution is -2.33. The zero-order valence-electron chi connectivity index (χ0n) is 16.6. The minimum atomic E-state index is -0.0982. The van der Waals surface area contributed by atoms with Crippen LogP contribution >= 0.6 is 0 Å². The van der Waals surface area contributed by atoms with Crippen molar-refractivity contribution in [2.75, 3.05) is 25.2 Å². The van der Waals surface area contributed by atoms with Crippen LogP contribution in [0.25, 0.3) is 0 Å². The van der Waals surface area contributed by atoms with Crippen LogP contribution in [0.1, 0.15) is 29.5 Å². The third-order valence-corrected chi connectivity index (χ3v) is 4.89. The second-order valence-corrected chi connectivity index (χ2v) is 7.49. The van der Waals surface area contributed by atoms with E-state index in [1.807, 2.05) is 49.4 Å². The molecule has 0 aliphatic heterocycles.